The Bertz CT molecular complexity index is 702. The number of nitrogens with zero attached hydrogens (tertiary/aromatic N) is 1. The Hall–Kier alpha value is -2.57. The van der Waals surface area contributed by atoms with Crippen molar-refractivity contribution in [1.82, 2.24) is 10.2 Å². The van der Waals surface area contributed by atoms with Crippen LogP contribution in [-0.2, 0) is 20.9 Å². The number of hydrogen-bond donors (Lipinski definition) is 2. The van der Waals surface area contributed by atoms with Gasteiger partial charge in [-0.3, -0.25) is 9.59 Å². The van der Waals surface area contributed by atoms with Crippen LogP contribution in [0.3, 0.4) is 0 Å². The average molecular weight is 404 g/mol. The van der Waals surface area contributed by atoms with Crippen molar-refractivity contribution in [1.29, 1.82) is 0 Å². The molecule has 1 fully saturated rings. The highest BCUT2D eigenvalue weighted by molar-refractivity contribution is 5.90. The van der Waals surface area contributed by atoms with Gasteiger partial charge >= 0.3 is 6.09 Å². The highest BCUT2D eigenvalue weighted by Crippen LogP contribution is 2.20. The molecule has 1 aliphatic heterocycles. The van der Waals surface area contributed by atoms with E-state index in [2.05, 4.69) is 10.6 Å². The Morgan fingerprint density at radius 3 is 2.28 bits per heavy atom. The summed E-state index contributed by atoms with van der Waals surface area (Å²) in [6, 6.07) is 7.47. The van der Waals surface area contributed by atoms with Crippen LogP contribution >= 0.6 is 0 Å². The second-order valence-electron chi connectivity index (χ2n) is 8.45. The minimum atomic E-state index is -0.514. The molecule has 3 amide bonds. The Morgan fingerprint density at radius 1 is 1.10 bits per heavy atom. The zero-order chi connectivity index (χ0) is 21.4. The molecule has 0 aromatic heterocycles. The van der Waals surface area contributed by atoms with Crippen molar-refractivity contribution in [3.05, 3.63) is 29.8 Å². The fourth-order valence-corrected chi connectivity index (χ4v) is 3.14. The highest BCUT2D eigenvalue weighted by atomic mass is 16.6. The van der Waals surface area contributed by atoms with Crippen LogP contribution in [0.4, 0.5) is 10.5 Å². The third kappa shape index (κ3) is 7.75. The third-order valence-electron chi connectivity index (χ3n) is 4.70. The van der Waals surface area contributed by atoms with Crippen molar-refractivity contribution in [2.75, 3.05) is 18.4 Å². The lowest BCUT2D eigenvalue weighted by molar-refractivity contribution is -0.126. The summed E-state index contributed by atoms with van der Waals surface area (Å²) in [7, 11) is 0. The maximum Gasteiger partial charge on any atom is 0.410 e. The Kier molecular flexibility index (Phi) is 8.05. The number of nitrogens with one attached hydrogen (secondary N) is 2. The SMILES string of the molecule is CCCC(=O)Nc1ccc(CNC(=O)C2CCN(C(=O)OC(C)(C)C)CC2)cc1. The zero-order valence-corrected chi connectivity index (χ0v) is 17.9. The molecule has 0 atom stereocenters. The van der Waals surface area contributed by atoms with Gasteiger partial charge in [0.25, 0.3) is 0 Å². The van der Waals surface area contributed by atoms with Crippen LogP contribution in [0.25, 0.3) is 0 Å². The van der Waals surface area contributed by atoms with E-state index in [9.17, 15) is 14.4 Å². The topological polar surface area (TPSA) is 87.7 Å². The number of benzene rings is 1. The van der Waals surface area contributed by atoms with Crippen LogP contribution in [0, 0.1) is 5.92 Å². The lowest BCUT2D eigenvalue weighted by Gasteiger charge is -2.32. The Morgan fingerprint density at radius 2 is 1.72 bits per heavy atom. The van der Waals surface area contributed by atoms with E-state index in [0.717, 1.165) is 17.7 Å². The van der Waals surface area contributed by atoms with Crippen molar-refractivity contribution in [3.8, 4) is 0 Å². The van der Waals surface area contributed by atoms with Gasteiger partial charge in [-0.2, -0.15) is 0 Å². The molecule has 0 bridgehead atoms. The van der Waals surface area contributed by atoms with Gasteiger partial charge in [-0.15, -0.1) is 0 Å². The summed E-state index contributed by atoms with van der Waals surface area (Å²) in [5.41, 5.74) is 1.21. The summed E-state index contributed by atoms with van der Waals surface area (Å²) >= 11 is 0. The van der Waals surface area contributed by atoms with Gasteiger partial charge in [0, 0.05) is 37.7 Å². The largest absolute Gasteiger partial charge is 0.444 e. The number of anilines is 1. The predicted molar refractivity (Wildman–Crippen MR) is 112 cm³/mol. The number of likely N-dealkylation sites (tertiary alicyclic amines) is 1. The Labute approximate surface area is 173 Å². The smallest absolute Gasteiger partial charge is 0.410 e. The number of rotatable bonds is 6. The molecule has 0 saturated carbocycles. The molecular formula is C22H33N3O4. The monoisotopic (exact) mass is 403 g/mol. The molecule has 2 N–H and O–H groups in total. The fraction of sp³-hybridized carbons (Fsp3) is 0.591. The molecular weight excluding hydrogens is 370 g/mol. The van der Waals surface area contributed by atoms with Crippen molar-refractivity contribution in [2.24, 2.45) is 5.92 Å². The van der Waals surface area contributed by atoms with E-state index in [0.29, 0.717) is 38.9 Å². The highest BCUT2D eigenvalue weighted by Gasteiger charge is 2.29. The molecule has 1 heterocycles. The molecule has 1 aromatic carbocycles. The van der Waals surface area contributed by atoms with E-state index >= 15 is 0 Å². The van der Waals surface area contributed by atoms with Gasteiger partial charge in [-0.25, -0.2) is 4.79 Å². The van der Waals surface area contributed by atoms with Gasteiger partial charge in [0.15, 0.2) is 0 Å². The van der Waals surface area contributed by atoms with E-state index in [4.69, 9.17) is 4.74 Å². The van der Waals surface area contributed by atoms with Gasteiger partial charge in [-0.05, 0) is 57.7 Å². The summed E-state index contributed by atoms with van der Waals surface area (Å²) < 4.78 is 5.39. The fourth-order valence-electron chi connectivity index (χ4n) is 3.14. The molecule has 0 aliphatic carbocycles. The van der Waals surface area contributed by atoms with Crippen molar-refractivity contribution in [3.63, 3.8) is 0 Å². The maximum atomic E-state index is 12.5. The summed E-state index contributed by atoms with van der Waals surface area (Å²) in [5.74, 6) is -0.0817. The van der Waals surface area contributed by atoms with E-state index in [1.165, 1.54) is 0 Å². The minimum Gasteiger partial charge on any atom is -0.444 e. The van der Waals surface area contributed by atoms with Crippen molar-refractivity contribution in [2.45, 2.75) is 65.5 Å². The maximum absolute atomic E-state index is 12.5. The summed E-state index contributed by atoms with van der Waals surface area (Å²) in [5, 5.41) is 5.82. The number of carbonyl (C=O) groups is 3. The first-order valence-electron chi connectivity index (χ1n) is 10.3. The standard InChI is InChI=1S/C22H33N3O4/c1-5-6-19(26)24-18-9-7-16(8-10-18)15-23-20(27)17-11-13-25(14-12-17)21(28)29-22(2,3)4/h7-10,17H,5-6,11-15H2,1-4H3,(H,23,27)(H,24,26). The van der Waals surface area contributed by atoms with E-state index < -0.39 is 5.60 Å². The number of ether oxygens (including phenoxy) is 1. The van der Waals surface area contributed by atoms with Crippen LogP contribution < -0.4 is 10.6 Å². The minimum absolute atomic E-state index is 0.00581. The van der Waals surface area contributed by atoms with Gasteiger partial charge < -0.3 is 20.3 Å². The number of hydrogen-bond acceptors (Lipinski definition) is 4. The Balaban J connectivity index is 1.74. The van der Waals surface area contributed by atoms with Gasteiger partial charge in [0.2, 0.25) is 11.8 Å². The molecule has 1 aliphatic rings. The van der Waals surface area contributed by atoms with Crippen LogP contribution in [0.15, 0.2) is 24.3 Å². The first kappa shape index (κ1) is 22.7. The lowest BCUT2D eigenvalue weighted by Crippen LogP contribution is -2.44. The van der Waals surface area contributed by atoms with Crippen LogP contribution in [-0.4, -0.2) is 41.5 Å². The normalized spacial score (nSPS) is 15.0. The second kappa shape index (κ2) is 10.3. The molecule has 0 radical (unpaired) electrons. The summed E-state index contributed by atoms with van der Waals surface area (Å²) in [6.07, 6.45) is 2.26. The van der Waals surface area contributed by atoms with Crippen LogP contribution in [0.1, 0.15) is 58.9 Å². The molecule has 1 aromatic rings. The molecule has 1 saturated heterocycles. The predicted octanol–water partition coefficient (Wildman–Crippen LogP) is 3.69. The van der Waals surface area contributed by atoms with Crippen LogP contribution in [0.2, 0.25) is 0 Å². The first-order chi connectivity index (χ1) is 13.7. The van der Waals surface area contributed by atoms with E-state index in [-0.39, 0.29) is 23.8 Å². The molecule has 7 nitrogen and oxygen atoms in total. The summed E-state index contributed by atoms with van der Waals surface area (Å²) in [4.78, 5) is 37.9. The lowest BCUT2D eigenvalue weighted by atomic mass is 9.96. The number of amides is 3. The van der Waals surface area contributed by atoms with Gasteiger partial charge in [0.1, 0.15) is 5.60 Å². The molecule has 0 unspecified atom stereocenters. The number of piperidine rings is 1. The van der Waals surface area contributed by atoms with Gasteiger partial charge in [-0.1, -0.05) is 19.1 Å². The molecule has 7 heteroatoms. The molecule has 29 heavy (non-hydrogen) atoms. The van der Waals surface area contributed by atoms with E-state index in [1.54, 1.807) is 4.90 Å². The van der Waals surface area contributed by atoms with Crippen molar-refractivity contribution >= 4 is 23.6 Å². The van der Waals surface area contributed by atoms with Gasteiger partial charge in [0.05, 0.1) is 0 Å². The average Bonchev–Trinajstić information content (AvgIpc) is 2.66. The van der Waals surface area contributed by atoms with Crippen molar-refractivity contribution < 1.29 is 19.1 Å². The molecule has 0 spiro atoms. The second-order valence-corrected chi connectivity index (χ2v) is 8.45. The quantitative estimate of drug-likeness (QED) is 0.758. The molecule has 160 valence electrons. The third-order valence-corrected chi connectivity index (χ3v) is 4.70. The summed E-state index contributed by atoms with van der Waals surface area (Å²) in [6.45, 7) is 8.99. The van der Waals surface area contributed by atoms with Crippen LogP contribution in [0.5, 0.6) is 0 Å². The van der Waals surface area contributed by atoms with E-state index in [1.807, 2.05) is 52.0 Å². The zero-order valence-electron chi connectivity index (χ0n) is 17.9. The first-order valence-corrected chi connectivity index (χ1v) is 10.3. The number of carbonyl (C=O) groups excluding carboxylic acids is 3. The molecule has 2 rings (SSSR count).